The highest BCUT2D eigenvalue weighted by molar-refractivity contribution is 7.11. The van der Waals surface area contributed by atoms with E-state index in [1.807, 2.05) is 18.4 Å². The topological polar surface area (TPSA) is 24.9 Å². The molecule has 1 rings (SSSR count). The third-order valence-electron chi connectivity index (χ3n) is 2.33. The van der Waals surface area contributed by atoms with Crippen LogP contribution in [-0.4, -0.2) is 18.6 Å². The maximum Gasteiger partial charge on any atom is 0.0971 e. The summed E-state index contributed by atoms with van der Waals surface area (Å²) in [6, 6.07) is 0. The average Bonchev–Trinajstić information content (AvgIpc) is 2.48. The lowest BCUT2D eigenvalue weighted by Gasteiger charge is -2.06. The predicted molar refractivity (Wildman–Crippen MR) is 63.3 cm³/mol. The highest BCUT2D eigenvalue weighted by Gasteiger charge is 2.14. The SMILES string of the molecule is CNCC(C)c1nc(C(C)C)c(C)s1. The summed E-state index contributed by atoms with van der Waals surface area (Å²) in [7, 11) is 1.99. The lowest BCUT2D eigenvalue weighted by atomic mass is 10.1. The number of hydrogen-bond donors (Lipinski definition) is 1. The van der Waals surface area contributed by atoms with E-state index >= 15 is 0 Å². The second-order valence-corrected chi connectivity index (χ2v) is 5.34. The van der Waals surface area contributed by atoms with Crippen LogP contribution in [0.15, 0.2) is 0 Å². The molecule has 0 saturated heterocycles. The van der Waals surface area contributed by atoms with E-state index in [-0.39, 0.29) is 0 Å². The van der Waals surface area contributed by atoms with Crippen LogP contribution in [0.25, 0.3) is 0 Å². The molecule has 0 amide bonds. The minimum Gasteiger partial charge on any atom is -0.319 e. The number of nitrogens with zero attached hydrogens (tertiary/aromatic N) is 1. The monoisotopic (exact) mass is 212 g/mol. The molecule has 80 valence electrons. The van der Waals surface area contributed by atoms with Gasteiger partial charge in [0.05, 0.1) is 10.7 Å². The Balaban J connectivity index is 2.85. The van der Waals surface area contributed by atoms with Crippen LogP contribution in [-0.2, 0) is 0 Å². The Morgan fingerprint density at radius 1 is 1.36 bits per heavy atom. The molecule has 0 bridgehead atoms. The van der Waals surface area contributed by atoms with Gasteiger partial charge in [-0.25, -0.2) is 4.98 Å². The fourth-order valence-corrected chi connectivity index (χ4v) is 2.70. The van der Waals surface area contributed by atoms with E-state index in [0.717, 1.165) is 6.54 Å². The maximum absolute atomic E-state index is 4.71. The Labute approximate surface area is 90.8 Å². The van der Waals surface area contributed by atoms with E-state index < -0.39 is 0 Å². The zero-order valence-corrected chi connectivity index (χ0v) is 10.5. The summed E-state index contributed by atoms with van der Waals surface area (Å²) < 4.78 is 0. The van der Waals surface area contributed by atoms with Crippen LogP contribution in [0.5, 0.6) is 0 Å². The van der Waals surface area contributed by atoms with Gasteiger partial charge in [-0.15, -0.1) is 11.3 Å². The van der Waals surface area contributed by atoms with Crippen molar-refractivity contribution in [3.63, 3.8) is 0 Å². The first-order chi connectivity index (χ1) is 6.56. The highest BCUT2D eigenvalue weighted by atomic mass is 32.1. The number of aryl methyl sites for hydroxylation is 1. The minimum absolute atomic E-state index is 0.524. The van der Waals surface area contributed by atoms with Crippen LogP contribution < -0.4 is 5.32 Å². The summed E-state index contributed by atoms with van der Waals surface area (Å²) in [5.74, 6) is 1.07. The molecule has 0 radical (unpaired) electrons. The third-order valence-corrected chi connectivity index (χ3v) is 3.55. The smallest absolute Gasteiger partial charge is 0.0971 e. The molecule has 0 saturated carbocycles. The summed E-state index contributed by atoms with van der Waals surface area (Å²) in [5.41, 5.74) is 1.27. The normalized spacial score (nSPS) is 13.6. The van der Waals surface area contributed by atoms with E-state index in [4.69, 9.17) is 4.98 Å². The molecule has 0 aromatic carbocycles. The van der Waals surface area contributed by atoms with Gasteiger partial charge in [-0.1, -0.05) is 20.8 Å². The van der Waals surface area contributed by atoms with Crippen molar-refractivity contribution in [2.45, 2.75) is 39.5 Å². The zero-order valence-electron chi connectivity index (χ0n) is 9.72. The molecule has 14 heavy (non-hydrogen) atoms. The maximum atomic E-state index is 4.71. The van der Waals surface area contributed by atoms with E-state index in [1.165, 1.54) is 15.6 Å². The quantitative estimate of drug-likeness (QED) is 0.830. The molecule has 1 aromatic rings. The molecule has 0 spiro atoms. The van der Waals surface area contributed by atoms with E-state index in [9.17, 15) is 0 Å². The van der Waals surface area contributed by atoms with Gasteiger partial charge >= 0.3 is 0 Å². The molecule has 0 aliphatic heterocycles. The van der Waals surface area contributed by atoms with Gasteiger partial charge in [0.2, 0.25) is 0 Å². The summed E-state index contributed by atoms with van der Waals surface area (Å²) >= 11 is 1.84. The average molecular weight is 212 g/mol. The molecule has 3 heteroatoms. The number of aromatic nitrogens is 1. The van der Waals surface area contributed by atoms with E-state index in [0.29, 0.717) is 11.8 Å². The number of rotatable bonds is 4. The number of thiazole rings is 1. The second-order valence-electron chi connectivity index (χ2n) is 4.11. The minimum atomic E-state index is 0.524. The van der Waals surface area contributed by atoms with Crippen LogP contribution in [0, 0.1) is 6.92 Å². The Hall–Kier alpha value is -0.410. The van der Waals surface area contributed by atoms with Crippen molar-refractivity contribution in [2.75, 3.05) is 13.6 Å². The van der Waals surface area contributed by atoms with E-state index in [1.54, 1.807) is 0 Å². The molecule has 1 unspecified atom stereocenters. The molecule has 1 N–H and O–H groups in total. The summed E-state index contributed by atoms with van der Waals surface area (Å²) in [5, 5.41) is 4.45. The molecular formula is C11H20N2S. The van der Waals surface area contributed by atoms with Gasteiger partial charge in [-0.05, 0) is 19.9 Å². The summed E-state index contributed by atoms with van der Waals surface area (Å²) in [4.78, 5) is 6.08. The molecule has 2 nitrogen and oxygen atoms in total. The number of nitrogens with one attached hydrogen (secondary N) is 1. The van der Waals surface area contributed by atoms with Crippen LogP contribution >= 0.6 is 11.3 Å². The zero-order chi connectivity index (χ0) is 10.7. The van der Waals surface area contributed by atoms with E-state index in [2.05, 4.69) is 33.0 Å². The lowest BCUT2D eigenvalue weighted by Crippen LogP contribution is -2.14. The van der Waals surface area contributed by atoms with Gasteiger partial charge in [0, 0.05) is 17.3 Å². The van der Waals surface area contributed by atoms with Crippen molar-refractivity contribution >= 4 is 11.3 Å². The van der Waals surface area contributed by atoms with Crippen molar-refractivity contribution in [2.24, 2.45) is 0 Å². The Bertz CT molecular complexity index is 291. The van der Waals surface area contributed by atoms with Crippen molar-refractivity contribution in [1.82, 2.24) is 10.3 Å². The van der Waals surface area contributed by atoms with Crippen molar-refractivity contribution in [3.8, 4) is 0 Å². The lowest BCUT2D eigenvalue weighted by molar-refractivity contribution is 0.668. The van der Waals surface area contributed by atoms with Crippen LogP contribution in [0.3, 0.4) is 0 Å². The fraction of sp³-hybridized carbons (Fsp3) is 0.727. The van der Waals surface area contributed by atoms with Crippen LogP contribution in [0.2, 0.25) is 0 Å². The molecule has 0 fully saturated rings. The third kappa shape index (κ3) is 2.55. The molecular weight excluding hydrogens is 192 g/mol. The van der Waals surface area contributed by atoms with Gasteiger partial charge < -0.3 is 5.32 Å². The molecule has 0 aliphatic carbocycles. The van der Waals surface area contributed by atoms with Crippen molar-refractivity contribution < 1.29 is 0 Å². The summed E-state index contributed by atoms with van der Waals surface area (Å²) in [6.07, 6.45) is 0. The molecule has 1 aromatic heterocycles. The number of hydrogen-bond acceptors (Lipinski definition) is 3. The highest BCUT2D eigenvalue weighted by Crippen LogP contribution is 2.28. The van der Waals surface area contributed by atoms with Crippen LogP contribution in [0.4, 0.5) is 0 Å². The number of likely N-dealkylation sites (N-methyl/N-ethyl adjacent to an activating group) is 1. The first-order valence-corrected chi connectivity index (χ1v) is 5.99. The van der Waals surface area contributed by atoms with Gasteiger partial charge in [0.1, 0.15) is 0 Å². The second kappa shape index (κ2) is 4.89. The van der Waals surface area contributed by atoms with Gasteiger partial charge in [-0.2, -0.15) is 0 Å². The standard InChI is InChI=1S/C11H20N2S/c1-7(2)10-9(4)14-11(13-10)8(3)6-12-5/h7-8,12H,6H2,1-5H3. The van der Waals surface area contributed by atoms with Gasteiger partial charge in [0.25, 0.3) is 0 Å². The Morgan fingerprint density at radius 3 is 2.43 bits per heavy atom. The first kappa shape index (κ1) is 11.7. The molecule has 1 atom stereocenters. The van der Waals surface area contributed by atoms with Crippen molar-refractivity contribution in [1.29, 1.82) is 0 Å². The Kier molecular flexibility index (Phi) is 4.08. The van der Waals surface area contributed by atoms with Gasteiger partial charge in [0.15, 0.2) is 0 Å². The molecule has 1 heterocycles. The largest absolute Gasteiger partial charge is 0.319 e. The summed E-state index contributed by atoms with van der Waals surface area (Å²) in [6.45, 7) is 9.80. The van der Waals surface area contributed by atoms with Gasteiger partial charge in [-0.3, -0.25) is 0 Å². The fourth-order valence-electron chi connectivity index (χ4n) is 1.57. The Morgan fingerprint density at radius 2 is 2.00 bits per heavy atom. The first-order valence-electron chi connectivity index (χ1n) is 5.18. The van der Waals surface area contributed by atoms with Crippen molar-refractivity contribution in [3.05, 3.63) is 15.6 Å². The predicted octanol–water partition coefficient (Wildman–Crippen LogP) is 2.90. The molecule has 0 aliphatic rings. The van der Waals surface area contributed by atoms with Crippen LogP contribution in [0.1, 0.15) is 48.2 Å².